The Kier molecular flexibility index (Phi) is 6.88. The standard InChI is InChI=1S/C25H24N2O4S2/c1-31-25(28)20-12-6-5-9-18(20)17-27-22-14-8-7-13-21(22)23(24(27)32-16-15-26)33(29,30)19-10-3-2-4-11-19/h2-14H,15-17,26H2,1H3. The molecule has 0 aliphatic rings. The normalized spacial score (nSPS) is 11.6. The molecule has 1 aromatic heterocycles. The highest BCUT2D eigenvalue weighted by Gasteiger charge is 2.29. The highest BCUT2D eigenvalue weighted by molar-refractivity contribution is 8.00. The predicted octanol–water partition coefficient (Wildman–Crippen LogP) is 4.36. The maximum Gasteiger partial charge on any atom is 0.338 e. The molecule has 0 unspecified atom stereocenters. The van der Waals surface area contributed by atoms with Crippen molar-refractivity contribution in [3.8, 4) is 0 Å². The van der Waals surface area contributed by atoms with E-state index in [1.165, 1.54) is 18.9 Å². The first kappa shape index (κ1) is 23.1. The van der Waals surface area contributed by atoms with Crippen LogP contribution in [0.25, 0.3) is 10.9 Å². The average Bonchev–Trinajstić information content (AvgIpc) is 3.17. The molecule has 0 saturated heterocycles. The van der Waals surface area contributed by atoms with Gasteiger partial charge in [0, 0.05) is 24.2 Å². The number of fused-ring (bicyclic) bond motifs is 1. The summed E-state index contributed by atoms with van der Waals surface area (Å²) in [6, 6.07) is 23.0. The van der Waals surface area contributed by atoms with Crippen molar-refractivity contribution in [1.29, 1.82) is 0 Å². The van der Waals surface area contributed by atoms with Crippen molar-refractivity contribution in [1.82, 2.24) is 4.57 Å². The van der Waals surface area contributed by atoms with Crippen LogP contribution < -0.4 is 5.73 Å². The number of aromatic nitrogens is 1. The second-order valence-corrected chi connectivity index (χ2v) is 10.3. The summed E-state index contributed by atoms with van der Waals surface area (Å²) in [6.07, 6.45) is 0. The molecule has 0 aliphatic carbocycles. The molecule has 0 spiro atoms. The zero-order valence-corrected chi connectivity index (χ0v) is 19.7. The molecule has 3 aromatic carbocycles. The number of rotatable bonds is 8. The van der Waals surface area contributed by atoms with Gasteiger partial charge in [0.1, 0.15) is 4.90 Å². The van der Waals surface area contributed by atoms with E-state index in [1.807, 2.05) is 41.0 Å². The van der Waals surface area contributed by atoms with Gasteiger partial charge >= 0.3 is 5.97 Å². The van der Waals surface area contributed by atoms with Crippen LogP contribution in [0.1, 0.15) is 15.9 Å². The summed E-state index contributed by atoms with van der Waals surface area (Å²) < 4.78 is 34.5. The van der Waals surface area contributed by atoms with Gasteiger partial charge in [-0.15, -0.1) is 11.8 Å². The van der Waals surface area contributed by atoms with Crippen LogP contribution in [-0.2, 0) is 21.1 Å². The largest absolute Gasteiger partial charge is 0.465 e. The fraction of sp³-hybridized carbons (Fsp3) is 0.160. The van der Waals surface area contributed by atoms with Crippen LogP contribution in [0.5, 0.6) is 0 Å². The Hall–Kier alpha value is -3.07. The molecule has 8 heteroatoms. The van der Waals surface area contributed by atoms with Crippen LogP contribution in [0.3, 0.4) is 0 Å². The third-order valence-electron chi connectivity index (χ3n) is 5.31. The summed E-state index contributed by atoms with van der Waals surface area (Å²) >= 11 is 1.40. The molecular formula is C25H24N2O4S2. The van der Waals surface area contributed by atoms with Crippen molar-refractivity contribution < 1.29 is 17.9 Å². The van der Waals surface area contributed by atoms with E-state index >= 15 is 0 Å². The van der Waals surface area contributed by atoms with Crippen molar-refractivity contribution in [2.24, 2.45) is 5.73 Å². The van der Waals surface area contributed by atoms with Gasteiger partial charge < -0.3 is 15.0 Å². The number of esters is 1. The smallest absolute Gasteiger partial charge is 0.338 e. The number of nitrogens with zero attached hydrogens (tertiary/aromatic N) is 1. The van der Waals surface area contributed by atoms with Crippen molar-refractivity contribution in [3.05, 3.63) is 90.0 Å². The van der Waals surface area contributed by atoms with Crippen LogP contribution in [0, 0.1) is 0 Å². The van der Waals surface area contributed by atoms with Gasteiger partial charge in [0.25, 0.3) is 0 Å². The van der Waals surface area contributed by atoms with Gasteiger partial charge in [-0.2, -0.15) is 0 Å². The topological polar surface area (TPSA) is 91.4 Å². The van der Waals surface area contributed by atoms with Crippen LogP contribution in [0.15, 0.2) is 93.7 Å². The molecule has 4 rings (SSSR count). The Balaban J connectivity index is 1.98. The van der Waals surface area contributed by atoms with Gasteiger partial charge in [-0.3, -0.25) is 0 Å². The molecule has 0 bridgehead atoms. The minimum atomic E-state index is -3.80. The van der Waals surface area contributed by atoms with E-state index in [0.717, 1.165) is 11.1 Å². The van der Waals surface area contributed by atoms with Crippen molar-refractivity contribution in [2.75, 3.05) is 19.4 Å². The number of carbonyl (C=O) groups is 1. The van der Waals surface area contributed by atoms with Gasteiger partial charge in [0.2, 0.25) is 9.84 Å². The Morgan fingerprint density at radius 1 is 0.970 bits per heavy atom. The maximum atomic E-state index is 13.8. The van der Waals surface area contributed by atoms with Crippen LogP contribution in [-0.4, -0.2) is 38.4 Å². The second-order valence-electron chi connectivity index (χ2n) is 7.34. The number of sulfone groups is 1. The first-order valence-corrected chi connectivity index (χ1v) is 12.9. The Morgan fingerprint density at radius 2 is 1.64 bits per heavy atom. The monoisotopic (exact) mass is 480 g/mol. The third kappa shape index (κ3) is 4.42. The lowest BCUT2D eigenvalue weighted by Gasteiger charge is -2.14. The molecule has 0 radical (unpaired) electrons. The summed E-state index contributed by atoms with van der Waals surface area (Å²) in [7, 11) is -2.46. The molecule has 2 N–H and O–H groups in total. The zero-order valence-electron chi connectivity index (χ0n) is 18.1. The van der Waals surface area contributed by atoms with Gasteiger partial charge in [0.05, 0.1) is 28.1 Å². The molecule has 0 aliphatic heterocycles. The molecule has 0 saturated carbocycles. The van der Waals surface area contributed by atoms with Crippen molar-refractivity contribution >= 4 is 38.5 Å². The van der Waals surface area contributed by atoms with Crippen LogP contribution in [0.2, 0.25) is 0 Å². The highest BCUT2D eigenvalue weighted by Crippen LogP contribution is 2.40. The van der Waals surface area contributed by atoms with Crippen molar-refractivity contribution in [3.63, 3.8) is 0 Å². The maximum absolute atomic E-state index is 13.8. The number of nitrogens with two attached hydrogens (primary N) is 1. The first-order chi connectivity index (χ1) is 16.0. The highest BCUT2D eigenvalue weighted by atomic mass is 32.2. The summed E-state index contributed by atoms with van der Waals surface area (Å²) in [5.41, 5.74) is 7.74. The molecule has 4 aromatic rings. The number of hydrogen-bond donors (Lipinski definition) is 1. The summed E-state index contributed by atoms with van der Waals surface area (Å²) in [5, 5.41) is 1.24. The lowest BCUT2D eigenvalue weighted by atomic mass is 10.1. The van der Waals surface area contributed by atoms with Gasteiger partial charge in [-0.05, 0) is 29.8 Å². The fourth-order valence-corrected chi connectivity index (χ4v) is 6.75. The summed E-state index contributed by atoms with van der Waals surface area (Å²) in [5.74, 6) is 0.113. The number of benzene rings is 3. The number of methoxy groups -OCH3 is 1. The van der Waals surface area contributed by atoms with E-state index in [0.29, 0.717) is 34.8 Å². The van der Waals surface area contributed by atoms with Crippen LogP contribution >= 0.6 is 11.8 Å². The summed E-state index contributed by atoms with van der Waals surface area (Å²) in [4.78, 5) is 12.8. The number of thioether (sulfide) groups is 1. The first-order valence-electron chi connectivity index (χ1n) is 10.4. The Bertz CT molecular complexity index is 1400. The second kappa shape index (κ2) is 9.82. The van der Waals surface area contributed by atoms with E-state index in [-0.39, 0.29) is 9.79 Å². The quantitative estimate of drug-likeness (QED) is 0.298. The van der Waals surface area contributed by atoms with E-state index < -0.39 is 15.8 Å². The third-order valence-corrected chi connectivity index (χ3v) is 8.42. The van der Waals surface area contributed by atoms with Crippen molar-refractivity contribution in [2.45, 2.75) is 21.4 Å². The average molecular weight is 481 g/mol. The van der Waals surface area contributed by atoms with Gasteiger partial charge in [0.15, 0.2) is 0 Å². The summed E-state index contributed by atoms with van der Waals surface area (Å²) in [6.45, 7) is 0.707. The molecule has 6 nitrogen and oxygen atoms in total. The Morgan fingerprint density at radius 3 is 2.36 bits per heavy atom. The number of para-hydroxylation sites is 1. The Labute approximate surface area is 197 Å². The molecule has 170 valence electrons. The van der Waals surface area contributed by atoms with Gasteiger partial charge in [-0.1, -0.05) is 54.6 Å². The lowest BCUT2D eigenvalue weighted by molar-refractivity contribution is 0.0599. The molecule has 1 heterocycles. The van der Waals surface area contributed by atoms with E-state index in [1.54, 1.807) is 42.5 Å². The molecule has 0 amide bonds. The lowest BCUT2D eigenvalue weighted by Crippen LogP contribution is -2.11. The fourth-order valence-electron chi connectivity index (χ4n) is 3.82. The number of hydrogen-bond acceptors (Lipinski definition) is 6. The van der Waals surface area contributed by atoms with E-state index in [4.69, 9.17) is 10.5 Å². The van der Waals surface area contributed by atoms with Crippen LogP contribution in [0.4, 0.5) is 0 Å². The van der Waals surface area contributed by atoms with E-state index in [2.05, 4.69) is 0 Å². The number of ether oxygens (including phenoxy) is 1. The minimum absolute atomic E-state index is 0.234. The van der Waals surface area contributed by atoms with Gasteiger partial charge in [-0.25, -0.2) is 13.2 Å². The molecule has 0 atom stereocenters. The zero-order chi connectivity index (χ0) is 23.4. The predicted molar refractivity (Wildman–Crippen MR) is 130 cm³/mol. The molecule has 33 heavy (non-hydrogen) atoms. The SMILES string of the molecule is COC(=O)c1ccccc1Cn1c(SCCN)c(S(=O)(=O)c2ccccc2)c2ccccc21. The minimum Gasteiger partial charge on any atom is -0.465 e. The number of carbonyl (C=O) groups excluding carboxylic acids is 1. The molecule has 0 fully saturated rings. The van der Waals surface area contributed by atoms with E-state index in [9.17, 15) is 13.2 Å². The molecular weight excluding hydrogens is 456 g/mol.